The van der Waals surface area contributed by atoms with E-state index in [1.807, 2.05) is 0 Å². The van der Waals surface area contributed by atoms with Crippen LogP contribution in [0.15, 0.2) is 23.2 Å². The van der Waals surface area contributed by atoms with Crippen molar-refractivity contribution in [2.24, 2.45) is 10.9 Å². The highest BCUT2D eigenvalue weighted by Crippen LogP contribution is 2.29. The Morgan fingerprint density at radius 2 is 1.91 bits per heavy atom. The smallest absolute Gasteiger partial charge is 0.339 e. The van der Waals surface area contributed by atoms with Crippen molar-refractivity contribution in [1.82, 2.24) is 0 Å². The maximum Gasteiger partial charge on any atom is 0.339 e. The van der Waals surface area contributed by atoms with Crippen molar-refractivity contribution in [2.45, 2.75) is 19.6 Å². The van der Waals surface area contributed by atoms with E-state index in [0.29, 0.717) is 0 Å². The summed E-state index contributed by atoms with van der Waals surface area (Å²) in [5.41, 5.74) is 0.332. The van der Waals surface area contributed by atoms with Crippen LogP contribution in [0.2, 0.25) is 5.02 Å². The summed E-state index contributed by atoms with van der Waals surface area (Å²) in [6, 6.07) is 4.54. The maximum atomic E-state index is 11.8. The van der Waals surface area contributed by atoms with Crippen LogP contribution in [0.25, 0.3) is 0 Å². The predicted molar refractivity (Wildman–Crippen MR) is 80.7 cm³/mol. The molecule has 1 fully saturated rings. The normalized spacial score (nSPS) is 17.7. The quantitative estimate of drug-likeness (QED) is 0.476. The summed E-state index contributed by atoms with van der Waals surface area (Å²) < 4.78 is 14.5. The number of cyclic esters (lactones) is 2. The number of ether oxygens (including phenoxy) is 3. The number of hydrogen-bond donors (Lipinski definition) is 0. The number of esters is 3. The van der Waals surface area contributed by atoms with Crippen molar-refractivity contribution in [3.05, 3.63) is 28.8 Å². The third-order valence-electron chi connectivity index (χ3n) is 2.95. The molecule has 1 aromatic carbocycles. The van der Waals surface area contributed by atoms with Gasteiger partial charge in [0.1, 0.15) is 0 Å². The molecule has 1 saturated heterocycles. The van der Waals surface area contributed by atoms with E-state index in [4.69, 9.17) is 21.1 Å². The highest BCUT2D eigenvalue weighted by atomic mass is 35.5. The minimum absolute atomic E-state index is 0.0495. The van der Waals surface area contributed by atoms with E-state index in [9.17, 15) is 14.4 Å². The van der Waals surface area contributed by atoms with E-state index in [0.717, 1.165) is 6.21 Å². The first-order chi connectivity index (χ1) is 10.7. The second-order valence-corrected chi connectivity index (χ2v) is 5.51. The molecule has 8 heteroatoms. The molecule has 0 N–H and O–H groups in total. The first kappa shape index (κ1) is 17.0. The Balaban J connectivity index is 2.26. The van der Waals surface area contributed by atoms with E-state index in [-0.39, 0.29) is 16.3 Å². The van der Waals surface area contributed by atoms with Crippen molar-refractivity contribution in [2.75, 3.05) is 7.11 Å². The fourth-order valence-corrected chi connectivity index (χ4v) is 2.14. The lowest BCUT2D eigenvalue weighted by atomic mass is 10.1. The minimum Gasteiger partial charge on any atom is -0.465 e. The van der Waals surface area contributed by atoms with Crippen LogP contribution in [0.3, 0.4) is 0 Å². The summed E-state index contributed by atoms with van der Waals surface area (Å²) >= 11 is 6.07. The average molecular weight is 340 g/mol. The zero-order valence-electron chi connectivity index (χ0n) is 12.7. The van der Waals surface area contributed by atoms with Crippen LogP contribution in [0.1, 0.15) is 24.2 Å². The van der Waals surface area contributed by atoms with Gasteiger partial charge in [-0.15, -0.1) is 0 Å². The number of rotatable bonds is 3. The molecule has 0 unspecified atom stereocenters. The van der Waals surface area contributed by atoms with Gasteiger partial charge in [-0.3, -0.25) is 14.6 Å². The molecule has 0 amide bonds. The predicted octanol–water partition coefficient (Wildman–Crippen LogP) is 2.28. The second-order valence-electron chi connectivity index (χ2n) is 5.13. The molecule has 1 aliphatic heterocycles. The van der Waals surface area contributed by atoms with Crippen molar-refractivity contribution < 1.29 is 28.6 Å². The molecule has 0 bridgehead atoms. The van der Waals surface area contributed by atoms with Crippen LogP contribution in [0.5, 0.6) is 0 Å². The molecule has 23 heavy (non-hydrogen) atoms. The number of methoxy groups -OCH3 is 1. The highest BCUT2D eigenvalue weighted by Gasteiger charge is 2.42. The first-order valence-electron chi connectivity index (χ1n) is 6.62. The Hall–Kier alpha value is -2.41. The molecule has 0 atom stereocenters. The Morgan fingerprint density at radius 1 is 1.30 bits per heavy atom. The van der Waals surface area contributed by atoms with Gasteiger partial charge in [-0.05, 0) is 12.1 Å². The number of carbonyl (C=O) groups is 3. The van der Waals surface area contributed by atoms with Gasteiger partial charge >= 0.3 is 17.9 Å². The maximum absolute atomic E-state index is 11.8. The summed E-state index contributed by atoms with van der Waals surface area (Å²) in [6.45, 7) is 2.90. The monoisotopic (exact) mass is 339 g/mol. The van der Waals surface area contributed by atoms with Crippen molar-refractivity contribution in [3.63, 3.8) is 0 Å². The van der Waals surface area contributed by atoms with E-state index in [2.05, 4.69) is 9.73 Å². The van der Waals surface area contributed by atoms with E-state index < -0.39 is 29.6 Å². The van der Waals surface area contributed by atoms with Crippen LogP contribution in [-0.4, -0.2) is 37.0 Å². The molecule has 0 saturated carbocycles. The third kappa shape index (κ3) is 3.68. The van der Waals surface area contributed by atoms with Crippen molar-refractivity contribution >= 4 is 41.4 Å². The van der Waals surface area contributed by atoms with E-state index >= 15 is 0 Å². The largest absolute Gasteiger partial charge is 0.465 e. The van der Waals surface area contributed by atoms with Gasteiger partial charge in [-0.2, -0.15) is 0 Å². The van der Waals surface area contributed by atoms with Gasteiger partial charge < -0.3 is 14.2 Å². The molecule has 1 aliphatic rings. The molecule has 0 aliphatic carbocycles. The molecule has 0 aromatic heterocycles. The molecule has 1 aromatic rings. The lowest BCUT2D eigenvalue weighted by Crippen LogP contribution is -2.46. The van der Waals surface area contributed by atoms with Gasteiger partial charge in [0.15, 0.2) is 5.92 Å². The number of aliphatic imine (C=N–C) groups is 1. The summed E-state index contributed by atoms with van der Waals surface area (Å²) in [5.74, 6) is -4.75. The highest BCUT2D eigenvalue weighted by molar-refractivity contribution is 6.36. The zero-order valence-corrected chi connectivity index (χ0v) is 13.4. The first-order valence-corrected chi connectivity index (χ1v) is 6.99. The van der Waals surface area contributed by atoms with E-state index in [1.54, 1.807) is 6.07 Å². The fraction of sp³-hybridized carbons (Fsp3) is 0.333. The molecule has 0 spiro atoms. The van der Waals surface area contributed by atoms with Crippen molar-refractivity contribution in [3.8, 4) is 0 Å². The standard InChI is InChI=1S/C15H14ClNO6/c1-15(2)22-13(19)9(14(20)23-15)7-17-10-6-4-5-8(11(10)16)12(18)21-3/h4-7,9H,1-3H3. The minimum atomic E-state index is -1.30. The zero-order chi connectivity index (χ0) is 17.2. The Morgan fingerprint density at radius 3 is 2.48 bits per heavy atom. The number of carbonyl (C=O) groups excluding carboxylic acids is 3. The summed E-state index contributed by atoms with van der Waals surface area (Å²) in [7, 11) is 1.23. The fourth-order valence-electron chi connectivity index (χ4n) is 1.89. The summed E-state index contributed by atoms with van der Waals surface area (Å²) in [4.78, 5) is 39.2. The van der Waals surface area contributed by atoms with Gasteiger partial charge in [-0.25, -0.2) is 4.79 Å². The Kier molecular flexibility index (Phi) is 4.70. The van der Waals surface area contributed by atoms with Crippen molar-refractivity contribution in [1.29, 1.82) is 0 Å². The number of benzene rings is 1. The molecule has 122 valence electrons. The molecular weight excluding hydrogens is 326 g/mol. The van der Waals surface area contributed by atoms with Crippen LogP contribution < -0.4 is 0 Å². The van der Waals surface area contributed by atoms with Crippen LogP contribution >= 0.6 is 11.6 Å². The van der Waals surface area contributed by atoms with Crippen LogP contribution in [0, 0.1) is 5.92 Å². The van der Waals surface area contributed by atoms with Crippen LogP contribution in [-0.2, 0) is 23.8 Å². The van der Waals surface area contributed by atoms with Gasteiger partial charge in [-0.1, -0.05) is 17.7 Å². The topological polar surface area (TPSA) is 91.3 Å². The van der Waals surface area contributed by atoms with Crippen LogP contribution in [0.4, 0.5) is 5.69 Å². The molecule has 7 nitrogen and oxygen atoms in total. The summed E-state index contributed by atoms with van der Waals surface area (Å²) in [5, 5.41) is 0.0495. The molecule has 2 rings (SSSR count). The number of hydrogen-bond acceptors (Lipinski definition) is 7. The second kappa shape index (κ2) is 6.37. The Labute approximate surface area is 137 Å². The van der Waals surface area contributed by atoms with Gasteiger partial charge in [0.2, 0.25) is 0 Å². The lowest BCUT2D eigenvalue weighted by Gasteiger charge is -2.31. The molecule has 1 heterocycles. The average Bonchev–Trinajstić information content (AvgIpc) is 2.46. The molecular formula is C15H14ClNO6. The third-order valence-corrected chi connectivity index (χ3v) is 3.34. The Bertz CT molecular complexity index is 677. The SMILES string of the molecule is COC(=O)c1cccc(N=CC2C(=O)OC(C)(C)OC2=O)c1Cl. The number of halogens is 1. The number of nitrogens with zero attached hydrogens (tertiary/aromatic N) is 1. The molecule has 0 radical (unpaired) electrons. The lowest BCUT2D eigenvalue weighted by molar-refractivity contribution is -0.235. The van der Waals surface area contributed by atoms with Gasteiger partial charge in [0, 0.05) is 20.1 Å². The van der Waals surface area contributed by atoms with E-state index in [1.165, 1.54) is 33.1 Å². The van der Waals surface area contributed by atoms with Gasteiger partial charge in [0.05, 0.1) is 23.4 Å². The van der Waals surface area contributed by atoms with Gasteiger partial charge in [0.25, 0.3) is 5.79 Å². The summed E-state index contributed by atoms with van der Waals surface area (Å²) in [6.07, 6.45) is 1.07.